The first-order valence-electron chi connectivity index (χ1n) is 3.99. The van der Waals surface area contributed by atoms with Gasteiger partial charge < -0.3 is 4.74 Å². The Balaban J connectivity index is 2.37. The highest BCUT2D eigenvalue weighted by Crippen LogP contribution is 2.43. The fourth-order valence-electron chi connectivity index (χ4n) is 1.45. The summed E-state index contributed by atoms with van der Waals surface area (Å²) in [5, 5.41) is 0. The van der Waals surface area contributed by atoms with E-state index in [0.29, 0.717) is 0 Å². The third kappa shape index (κ3) is 0.883. The van der Waals surface area contributed by atoms with E-state index in [1.165, 1.54) is 0 Å². The molecule has 1 aromatic carbocycles. The van der Waals surface area contributed by atoms with Crippen LogP contribution in [0.25, 0.3) is 0 Å². The van der Waals surface area contributed by atoms with E-state index in [9.17, 15) is 4.79 Å². The van der Waals surface area contributed by atoms with E-state index in [0.717, 1.165) is 11.8 Å². The van der Waals surface area contributed by atoms with E-state index in [1.54, 1.807) is 0 Å². The van der Waals surface area contributed by atoms with Crippen LogP contribution in [0.5, 0.6) is 0 Å². The van der Waals surface area contributed by atoms with Gasteiger partial charge in [0.15, 0.2) is 11.9 Å². The Labute approximate surface area is 71.2 Å². The van der Waals surface area contributed by atoms with Crippen molar-refractivity contribution in [2.24, 2.45) is 0 Å². The minimum absolute atomic E-state index is 0.0254. The first-order chi connectivity index (χ1) is 5.79. The highest BCUT2D eigenvalue weighted by Gasteiger charge is 2.54. The van der Waals surface area contributed by atoms with Gasteiger partial charge in [-0.3, -0.25) is 4.79 Å². The lowest BCUT2D eigenvalue weighted by Crippen LogP contribution is -2.12. The van der Waals surface area contributed by atoms with Crippen LogP contribution in [0.3, 0.4) is 0 Å². The molecule has 0 spiro atoms. The minimum Gasteiger partial charge on any atom is -0.353 e. The Morgan fingerprint density at radius 3 is 2.42 bits per heavy atom. The van der Waals surface area contributed by atoms with Crippen LogP contribution in [0.15, 0.2) is 30.3 Å². The second-order valence-electron chi connectivity index (χ2n) is 3.04. The van der Waals surface area contributed by atoms with Crippen LogP contribution in [0.2, 0.25) is 0 Å². The second-order valence-corrected chi connectivity index (χ2v) is 3.04. The van der Waals surface area contributed by atoms with Crippen LogP contribution in [-0.4, -0.2) is 12.4 Å². The molecule has 0 aromatic heterocycles. The normalized spacial score (nSPS) is 32.9. The number of carbonyl (C=O) groups excluding carboxylic acids is 1. The molecule has 0 N–H and O–H groups in total. The van der Waals surface area contributed by atoms with Crippen molar-refractivity contribution in [3.63, 3.8) is 0 Å². The number of hydrogen-bond acceptors (Lipinski definition) is 2. The fraction of sp³-hybridized carbons (Fsp3) is 0.300. The van der Waals surface area contributed by atoms with Crippen molar-refractivity contribution in [3.05, 3.63) is 35.9 Å². The van der Waals surface area contributed by atoms with Crippen molar-refractivity contribution in [1.29, 1.82) is 0 Å². The van der Waals surface area contributed by atoms with Crippen molar-refractivity contribution in [2.75, 3.05) is 0 Å². The van der Waals surface area contributed by atoms with Crippen LogP contribution in [0, 0.1) is 0 Å². The molecular formula is C10H10O2. The smallest absolute Gasteiger partial charge is 0.174 e. The van der Waals surface area contributed by atoms with Crippen LogP contribution in [0.4, 0.5) is 0 Å². The highest BCUT2D eigenvalue weighted by molar-refractivity contribution is 5.71. The number of benzene rings is 1. The summed E-state index contributed by atoms with van der Waals surface area (Å²) in [5.41, 5.74) is 0.314. The molecule has 1 aliphatic heterocycles. The molecule has 0 radical (unpaired) electrons. The first kappa shape index (κ1) is 7.50. The monoisotopic (exact) mass is 162 g/mol. The Bertz CT molecular complexity index is 294. The molecule has 1 saturated heterocycles. The maximum absolute atomic E-state index is 10.8. The lowest BCUT2D eigenvalue weighted by molar-refractivity contribution is -0.112. The molecular weight excluding hydrogens is 152 g/mol. The van der Waals surface area contributed by atoms with Crippen LogP contribution in [0.1, 0.15) is 12.5 Å². The number of epoxide rings is 1. The molecule has 1 heterocycles. The summed E-state index contributed by atoms with van der Waals surface area (Å²) < 4.78 is 5.27. The maximum atomic E-state index is 10.8. The lowest BCUT2D eigenvalue weighted by Gasteiger charge is -2.02. The van der Waals surface area contributed by atoms with Gasteiger partial charge in [0.05, 0.1) is 6.10 Å². The summed E-state index contributed by atoms with van der Waals surface area (Å²) in [6, 6.07) is 9.58. The molecule has 1 fully saturated rings. The van der Waals surface area contributed by atoms with Gasteiger partial charge in [-0.15, -0.1) is 0 Å². The minimum atomic E-state index is -0.638. The number of hydrogen-bond donors (Lipinski definition) is 0. The van der Waals surface area contributed by atoms with Crippen molar-refractivity contribution in [1.82, 2.24) is 0 Å². The molecule has 2 atom stereocenters. The summed E-state index contributed by atoms with van der Waals surface area (Å²) in [4.78, 5) is 10.8. The van der Waals surface area contributed by atoms with E-state index < -0.39 is 5.60 Å². The highest BCUT2D eigenvalue weighted by atomic mass is 16.6. The summed E-state index contributed by atoms with van der Waals surface area (Å²) in [7, 11) is 0. The van der Waals surface area contributed by atoms with Crippen molar-refractivity contribution >= 4 is 6.29 Å². The van der Waals surface area contributed by atoms with Gasteiger partial charge in [-0.25, -0.2) is 0 Å². The van der Waals surface area contributed by atoms with Gasteiger partial charge in [0.2, 0.25) is 0 Å². The van der Waals surface area contributed by atoms with Crippen molar-refractivity contribution in [2.45, 2.75) is 18.6 Å². The zero-order chi connectivity index (χ0) is 8.60. The van der Waals surface area contributed by atoms with Gasteiger partial charge in [-0.05, 0) is 12.5 Å². The van der Waals surface area contributed by atoms with E-state index in [2.05, 4.69) is 0 Å². The molecule has 0 saturated carbocycles. The molecule has 1 aliphatic rings. The summed E-state index contributed by atoms with van der Waals surface area (Å²) >= 11 is 0. The van der Waals surface area contributed by atoms with E-state index >= 15 is 0 Å². The Morgan fingerprint density at radius 2 is 2.00 bits per heavy atom. The first-order valence-corrected chi connectivity index (χ1v) is 3.99. The molecule has 2 unspecified atom stereocenters. The van der Waals surface area contributed by atoms with Crippen molar-refractivity contribution in [3.8, 4) is 0 Å². The summed E-state index contributed by atoms with van der Waals surface area (Å²) in [6.07, 6.45) is 0.907. The van der Waals surface area contributed by atoms with Crippen LogP contribution >= 0.6 is 0 Å². The zero-order valence-corrected chi connectivity index (χ0v) is 6.86. The van der Waals surface area contributed by atoms with Crippen LogP contribution < -0.4 is 0 Å². The van der Waals surface area contributed by atoms with E-state index in [1.807, 2.05) is 37.3 Å². The standard InChI is InChI=1S/C10H10O2/c1-8-10(7-11,12-8)9-5-3-2-4-6-9/h2-8H,1H3. The number of rotatable bonds is 2. The Morgan fingerprint density at radius 1 is 1.42 bits per heavy atom. The predicted molar refractivity (Wildman–Crippen MR) is 44.7 cm³/mol. The van der Waals surface area contributed by atoms with Gasteiger partial charge in [-0.1, -0.05) is 30.3 Å². The zero-order valence-electron chi connectivity index (χ0n) is 6.86. The molecule has 2 heteroatoms. The Kier molecular flexibility index (Phi) is 1.51. The summed E-state index contributed by atoms with van der Waals surface area (Å²) in [6.45, 7) is 1.90. The quantitative estimate of drug-likeness (QED) is 0.487. The topological polar surface area (TPSA) is 29.6 Å². The fourth-order valence-corrected chi connectivity index (χ4v) is 1.45. The van der Waals surface area contributed by atoms with Gasteiger partial charge in [0.25, 0.3) is 0 Å². The number of carbonyl (C=O) groups is 1. The SMILES string of the molecule is CC1OC1(C=O)c1ccccc1. The van der Waals surface area contributed by atoms with E-state index in [-0.39, 0.29) is 6.10 Å². The molecule has 62 valence electrons. The van der Waals surface area contributed by atoms with Crippen molar-refractivity contribution < 1.29 is 9.53 Å². The molecule has 12 heavy (non-hydrogen) atoms. The third-order valence-electron chi connectivity index (χ3n) is 2.32. The van der Waals surface area contributed by atoms with Gasteiger partial charge >= 0.3 is 0 Å². The van der Waals surface area contributed by atoms with E-state index in [4.69, 9.17) is 4.74 Å². The molecule has 0 aliphatic carbocycles. The Hall–Kier alpha value is -1.15. The molecule has 1 aromatic rings. The maximum Gasteiger partial charge on any atom is 0.174 e. The molecule has 2 rings (SSSR count). The van der Waals surface area contributed by atoms with Gasteiger partial charge in [0, 0.05) is 0 Å². The number of aldehydes is 1. The average molecular weight is 162 g/mol. The van der Waals surface area contributed by atoms with Crippen LogP contribution in [-0.2, 0) is 15.1 Å². The number of ether oxygens (including phenoxy) is 1. The molecule has 0 amide bonds. The van der Waals surface area contributed by atoms with Gasteiger partial charge in [-0.2, -0.15) is 0 Å². The molecule has 2 nitrogen and oxygen atoms in total. The lowest BCUT2D eigenvalue weighted by atomic mass is 9.98. The summed E-state index contributed by atoms with van der Waals surface area (Å²) in [5.74, 6) is 0. The third-order valence-corrected chi connectivity index (χ3v) is 2.32. The van der Waals surface area contributed by atoms with Gasteiger partial charge in [0.1, 0.15) is 0 Å². The second kappa shape index (κ2) is 2.42. The predicted octanol–water partition coefficient (Wildman–Crippen LogP) is 1.50. The largest absolute Gasteiger partial charge is 0.353 e. The average Bonchev–Trinajstić information content (AvgIpc) is 2.80. The molecule has 0 bridgehead atoms.